The number of carbonyl (C=O) groups is 3. The Labute approximate surface area is 132 Å². The first kappa shape index (κ1) is 19.6. The first-order chi connectivity index (χ1) is 10.5. The Hall–Kier alpha value is -1.41. The van der Waals surface area contributed by atoms with E-state index in [0.29, 0.717) is 0 Å². The van der Waals surface area contributed by atoms with Crippen LogP contribution in [0.1, 0.15) is 46.0 Å². The van der Waals surface area contributed by atoms with Gasteiger partial charge in [-0.2, -0.15) is 0 Å². The maximum Gasteiger partial charge on any atom is 0.306 e. The van der Waals surface area contributed by atoms with Crippen molar-refractivity contribution < 1.29 is 38.1 Å². The fraction of sp³-hybridized carbons (Fsp3) is 0.800. The molecule has 132 valence electrons. The average Bonchev–Trinajstić information content (AvgIpc) is 2.47. The summed E-state index contributed by atoms with van der Waals surface area (Å²) >= 11 is 0. The lowest BCUT2D eigenvalue weighted by Gasteiger charge is -2.26. The smallest absolute Gasteiger partial charge is 0.306 e. The minimum absolute atomic E-state index is 0.0474. The fourth-order valence-electron chi connectivity index (χ4n) is 2.29. The first-order valence-electron chi connectivity index (χ1n) is 7.44. The van der Waals surface area contributed by atoms with Gasteiger partial charge in [0.15, 0.2) is 23.7 Å². The molecule has 0 aromatic rings. The highest BCUT2D eigenvalue weighted by molar-refractivity contribution is 5.92. The van der Waals surface area contributed by atoms with E-state index in [-0.39, 0.29) is 19.3 Å². The van der Waals surface area contributed by atoms with Crippen LogP contribution in [0, 0.1) is 0 Å². The highest BCUT2D eigenvalue weighted by Gasteiger charge is 2.40. The molecule has 0 unspecified atom stereocenters. The van der Waals surface area contributed by atoms with Gasteiger partial charge < -0.3 is 14.9 Å². The molecule has 0 bridgehead atoms. The van der Waals surface area contributed by atoms with Crippen LogP contribution in [0.2, 0.25) is 0 Å². The molecule has 0 aromatic carbocycles. The van der Waals surface area contributed by atoms with E-state index in [4.69, 9.17) is 0 Å². The van der Waals surface area contributed by atoms with E-state index in [1.807, 2.05) is 0 Å². The fourth-order valence-corrected chi connectivity index (χ4v) is 2.29. The second kappa shape index (κ2) is 7.44. The van der Waals surface area contributed by atoms with Gasteiger partial charge in [-0.25, -0.2) is 8.78 Å². The molecule has 0 saturated carbocycles. The summed E-state index contributed by atoms with van der Waals surface area (Å²) < 4.78 is 32.3. The second-order valence-electron chi connectivity index (χ2n) is 6.30. The summed E-state index contributed by atoms with van der Waals surface area (Å²) in [5.41, 5.74) is -4.20. The monoisotopic (exact) mass is 336 g/mol. The third-order valence-electron chi connectivity index (χ3n) is 3.87. The molecule has 1 aliphatic heterocycles. The number of esters is 1. The lowest BCUT2D eigenvalue weighted by Crippen LogP contribution is -2.46. The van der Waals surface area contributed by atoms with E-state index < -0.39 is 60.5 Å². The molecule has 1 fully saturated rings. The third kappa shape index (κ3) is 5.31. The molecule has 1 rings (SSSR count). The van der Waals surface area contributed by atoms with E-state index in [1.54, 1.807) is 0 Å². The maximum atomic E-state index is 13.9. The van der Waals surface area contributed by atoms with E-state index in [0.717, 1.165) is 13.8 Å². The molecule has 6 nitrogen and oxygen atoms in total. The van der Waals surface area contributed by atoms with Gasteiger partial charge in [-0.15, -0.1) is 0 Å². The Morgan fingerprint density at radius 3 is 2.13 bits per heavy atom. The Morgan fingerprint density at radius 2 is 1.52 bits per heavy atom. The molecule has 1 aliphatic rings. The van der Waals surface area contributed by atoms with Crippen LogP contribution in [0.4, 0.5) is 8.78 Å². The topological polar surface area (TPSA) is 101 Å². The van der Waals surface area contributed by atoms with Crippen molar-refractivity contribution >= 4 is 17.5 Å². The van der Waals surface area contributed by atoms with Gasteiger partial charge in [-0.3, -0.25) is 14.4 Å². The van der Waals surface area contributed by atoms with Crippen molar-refractivity contribution in [3.05, 3.63) is 0 Å². The van der Waals surface area contributed by atoms with Gasteiger partial charge in [0, 0.05) is 6.42 Å². The molecule has 0 aromatic heterocycles. The molecule has 2 N–H and O–H groups in total. The van der Waals surface area contributed by atoms with Crippen molar-refractivity contribution in [2.75, 3.05) is 6.61 Å². The molecule has 1 heterocycles. The zero-order valence-electron chi connectivity index (χ0n) is 13.2. The molecule has 23 heavy (non-hydrogen) atoms. The minimum Gasteiger partial charge on any atom is -0.462 e. The van der Waals surface area contributed by atoms with Crippen molar-refractivity contribution in [2.24, 2.45) is 0 Å². The highest BCUT2D eigenvalue weighted by atomic mass is 19.1. The molecule has 0 spiro atoms. The molecule has 1 saturated heterocycles. The predicted octanol–water partition coefficient (Wildman–Crippen LogP) is 0.810. The normalized spacial score (nSPS) is 38.8. The van der Waals surface area contributed by atoms with Crippen LogP contribution in [0.25, 0.3) is 0 Å². The van der Waals surface area contributed by atoms with Crippen LogP contribution >= 0.6 is 0 Å². The number of alkyl halides is 2. The zero-order valence-corrected chi connectivity index (χ0v) is 13.2. The average molecular weight is 336 g/mol. The predicted molar refractivity (Wildman–Crippen MR) is 75.1 cm³/mol. The summed E-state index contributed by atoms with van der Waals surface area (Å²) in [5, 5.41) is 19.9. The van der Waals surface area contributed by atoms with E-state index >= 15 is 0 Å². The number of ketones is 2. The van der Waals surface area contributed by atoms with Gasteiger partial charge in [0.1, 0.15) is 12.2 Å². The van der Waals surface area contributed by atoms with Crippen molar-refractivity contribution in [2.45, 2.75) is 69.5 Å². The van der Waals surface area contributed by atoms with Gasteiger partial charge in [0.05, 0.1) is 0 Å². The van der Waals surface area contributed by atoms with E-state index in [2.05, 4.69) is 4.74 Å². The molecule has 0 amide bonds. The molecule has 8 heteroatoms. The van der Waals surface area contributed by atoms with Gasteiger partial charge in [-0.05, 0) is 39.5 Å². The standard InChI is InChI=1S/C15H22F2O6/c1-14(21)7-3-4-9(16)13(20)15(2,22)8-23-11(18)6-5-10(17)12(14)19/h9-10,21-22H,3-8H2,1-2H3/t9-,10+,14+,15-/m1/s1. The summed E-state index contributed by atoms with van der Waals surface area (Å²) in [7, 11) is 0. The quantitative estimate of drug-likeness (QED) is 0.635. The van der Waals surface area contributed by atoms with Gasteiger partial charge >= 0.3 is 5.97 Å². The number of carbonyl (C=O) groups excluding carboxylic acids is 3. The summed E-state index contributed by atoms with van der Waals surface area (Å²) in [4.78, 5) is 35.1. The second-order valence-corrected chi connectivity index (χ2v) is 6.30. The number of aliphatic hydroxyl groups is 2. The molecular formula is C15H22F2O6. The Bertz CT molecular complexity index is 475. The van der Waals surface area contributed by atoms with Crippen LogP contribution in [0.5, 0.6) is 0 Å². The largest absolute Gasteiger partial charge is 0.462 e. The van der Waals surface area contributed by atoms with Crippen molar-refractivity contribution in [1.82, 2.24) is 0 Å². The van der Waals surface area contributed by atoms with Gasteiger partial charge in [0.25, 0.3) is 0 Å². The Morgan fingerprint density at radius 1 is 1.00 bits per heavy atom. The number of rotatable bonds is 0. The number of hydrogen-bond acceptors (Lipinski definition) is 6. The van der Waals surface area contributed by atoms with E-state index in [1.165, 1.54) is 0 Å². The lowest BCUT2D eigenvalue weighted by molar-refractivity contribution is -0.159. The molecule has 4 atom stereocenters. The molecular weight excluding hydrogens is 314 g/mol. The van der Waals surface area contributed by atoms with Crippen LogP contribution in [-0.4, -0.2) is 57.9 Å². The number of cyclic esters (lactones) is 1. The van der Waals surface area contributed by atoms with Gasteiger partial charge in [-0.1, -0.05) is 0 Å². The van der Waals surface area contributed by atoms with Crippen molar-refractivity contribution in [1.29, 1.82) is 0 Å². The Balaban J connectivity index is 2.91. The number of halogens is 2. The summed E-state index contributed by atoms with van der Waals surface area (Å²) in [5.74, 6) is -3.16. The summed E-state index contributed by atoms with van der Waals surface area (Å²) in [6, 6.07) is 0. The highest BCUT2D eigenvalue weighted by Crippen LogP contribution is 2.23. The van der Waals surface area contributed by atoms with E-state index in [9.17, 15) is 33.4 Å². The van der Waals surface area contributed by atoms with Crippen LogP contribution in [0.3, 0.4) is 0 Å². The van der Waals surface area contributed by atoms with Gasteiger partial charge in [0.2, 0.25) is 5.78 Å². The van der Waals surface area contributed by atoms with Crippen LogP contribution in [-0.2, 0) is 19.1 Å². The molecule has 0 aliphatic carbocycles. The number of ether oxygens (including phenoxy) is 1. The number of hydrogen-bond donors (Lipinski definition) is 2. The SMILES string of the molecule is C[C@]1(O)CCC[C@@H](F)C(=O)[C@](C)(O)COC(=O)CC[C@H](F)C1=O. The Kier molecular flexibility index (Phi) is 6.35. The zero-order chi connectivity index (χ0) is 17.8. The first-order valence-corrected chi connectivity index (χ1v) is 7.44. The lowest BCUT2D eigenvalue weighted by atomic mass is 9.88. The van der Waals surface area contributed by atoms with Crippen LogP contribution in [0.15, 0.2) is 0 Å². The van der Waals surface area contributed by atoms with Crippen molar-refractivity contribution in [3.63, 3.8) is 0 Å². The van der Waals surface area contributed by atoms with Crippen molar-refractivity contribution in [3.8, 4) is 0 Å². The number of Topliss-reactive ketones (excluding diaryl/α,β-unsaturated/α-hetero) is 2. The van der Waals surface area contributed by atoms with Crippen LogP contribution < -0.4 is 0 Å². The summed E-state index contributed by atoms with van der Waals surface area (Å²) in [6.45, 7) is 1.39. The summed E-state index contributed by atoms with van der Waals surface area (Å²) in [6.07, 6.45) is -5.66. The molecule has 0 radical (unpaired) electrons. The third-order valence-corrected chi connectivity index (χ3v) is 3.87. The minimum atomic E-state index is -2.19. The maximum absolute atomic E-state index is 13.9.